The van der Waals surface area contributed by atoms with Gasteiger partial charge in [-0.3, -0.25) is 9.59 Å². The van der Waals surface area contributed by atoms with Gasteiger partial charge in [-0.05, 0) is 24.1 Å². The quantitative estimate of drug-likeness (QED) is 0.511. The van der Waals surface area contributed by atoms with Crippen molar-refractivity contribution < 1.29 is 19.1 Å². The second-order valence-corrected chi connectivity index (χ2v) is 5.95. The number of benzene rings is 1. The van der Waals surface area contributed by atoms with Crippen LogP contribution in [0.4, 0.5) is 0 Å². The zero-order chi connectivity index (χ0) is 20.4. The van der Waals surface area contributed by atoms with Crippen LogP contribution in [-0.2, 0) is 19.1 Å². The van der Waals surface area contributed by atoms with Gasteiger partial charge in [0.15, 0.2) is 0 Å². The Morgan fingerprint density at radius 1 is 0.926 bits per heavy atom. The third kappa shape index (κ3) is 5.06. The highest BCUT2D eigenvalue weighted by Gasteiger charge is 2.38. The lowest BCUT2D eigenvalue weighted by Gasteiger charge is -2.24. The van der Waals surface area contributed by atoms with E-state index in [9.17, 15) is 20.1 Å². The Bertz CT molecular complexity index is 827. The first kappa shape index (κ1) is 21.7. The van der Waals surface area contributed by atoms with Crippen LogP contribution in [0.5, 0.6) is 0 Å². The van der Waals surface area contributed by atoms with Gasteiger partial charge < -0.3 is 9.47 Å². The van der Waals surface area contributed by atoms with Crippen molar-refractivity contribution in [1.29, 1.82) is 15.8 Å². The van der Waals surface area contributed by atoms with E-state index in [-0.39, 0.29) is 22.3 Å². The van der Waals surface area contributed by atoms with Crippen LogP contribution in [0.3, 0.4) is 0 Å². The van der Waals surface area contributed by atoms with E-state index < -0.39 is 23.8 Å². The summed E-state index contributed by atoms with van der Waals surface area (Å²) in [6, 6.07) is 8.25. The van der Waals surface area contributed by atoms with Gasteiger partial charge in [0.1, 0.15) is 12.1 Å². The maximum Gasteiger partial charge on any atom is 0.314 e. The fraction of sp³-hybridized carbons (Fsp3) is 0.450. The normalized spacial score (nSPS) is 12.0. The Morgan fingerprint density at radius 3 is 1.96 bits per heavy atom. The van der Waals surface area contributed by atoms with Crippen molar-refractivity contribution in [1.82, 2.24) is 0 Å². The summed E-state index contributed by atoms with van der Waals surface area (Å²) >= 11 is 0. The predicted molar refractivity (Wildman–Crippen MR) is 95.0 cm³/mol. The number of ether oxygens (including phenoxy) is 2. The number of hydrogen-bond acceptors (Lipinski definition) is 7. The van der Waals surface area contributed by atoms with Gasteiger partial charge in [0.05, 0.1) is 48.8 Å². The molecule has 0 saturated heterocycles. The van der Waals surface area contributed by atoms with Crippen LogP contribution < -0.4 is 0 Å². The Morgan fingerprint density at radius 2 is 1.48 bits per heavy atom. The van der Waals surface area contributed by atoms with Gasteiger partial charge in [-0.15, -0.1) is 0 Å². The first-order valence-corrected chi connectivity index (χ1v) is 8.52. The average Bonchev–Trinajstić information content (AvgIpc) is 2.71. The number of methoxy groups -OCH3 is 2. The summed E-state index contributed by atoms with van der Waals surface area (Å²) in [5.41, 5.74) is 0.289. The number of carbonyl (C=O) groups is 2. The number of nitrogens with zero attached hydrogens (tertiary/aromatic N) is 3. The summed E-state index contributed by atoms with van der Waals surface area (Å²) in [5, 5.41) is 27.9. The number of unbranched alkanes of at least 4 members (excludes halogenated alkanes) is 2. The van der Waals surface area contributed by atoms with E-state index in [2.05, 4.69) is 0 Å². The molecule has 0 spiro atoms. The number of rotatable bonds is 8. The number of esters is 2. The van der Waals surface area contributed by atoms with Gasteiger partial charge >= 0.3 is 11.9 Å². The first-order valence-electron chi connectivity index (χ1n) is 8.52. The summed E-state index contributed by atoms with van der Waals surface area (Å²) < 4.78 is 9.74. The highest BCUT2D eigenvalue weighted by Crippen LogP contribution is 2.34. The molecule has 0 saturated carbocycles. The van der Waals surface area contributed by atoms with Crippen LogP contribution in [0.2, 0.25) is 0 Å². The smallest absolute Gasteiger partial charge is 0.314 e. The van der Waals surface area contributed by atoms with Crippen molar-refractivity contribution >= 4 is 11.9 Å². The van der Waals surface area contributed by atoms with E-state index in [1.54, 1.807) is 0 Å². The molecule has 0 bridgehead atoms. The second kappa shape index (κ2) is 10.6. The minimum Gasteiger partial charge on any atom is -0.469 e. The highest BCUT2D eigenvalue weighted by molar-refractivity contribution is 5.87. The monoisotopic (exact) mass is 367 g/mol. The van der Waals surface area contributed by atoms with Crippen LogP contribution in [0, 0.1) is 39.9 Å². The lowest BCUT2D eigenvalue weighted by atomic mass is 9.79. The molecule has 0 heterocycles. The standard InChI is InChI=1S/C20H21N3O4/c1-4-5-6-7-16(19(24)26-2)18(20(25)27-3)17-9-14(11-22)13(10-21)8-15(17)12-23/h8-9,16,18H,4-7H2,1-3H3/t16-,18-/m1/s1. The van der Waals surface area contributed by atoms with Crippen LogP contribution in [-0.4, -0.2) is 26.2 Å². The van der Waals surface area contributed by atoms with Crippen LogP contribution in [0.15, 0.2) is 12.1 Å². The molecule has 0 fully saturated rings. The van der Waals surface area contributed by atoms with Crippen molar-refractivity contribution in [3.05, 3.63) is 34.4 Å². The van der Waals surface area contributed by atoms with Crippen molar-refractivity contribution in [2.75, 3.05) is 14.2 Å². The number of hydrogen-bond donors (Lipinski definition) is 0. The molecule has 2 atom stereocenters. The molecule has 7 nitrogen and oxygen atoms in total. The Labute approximate surface area is 158 Å². The lowest BCUT2D eigenvalue weighted by molar-refractivity contribution is -0.154. The fourth-order valence-electron chi connectivity index (χ4n) is 2.98. The molecular formula is C20H21N3O4. The maximum absolute atomic E-state index is 12.5. The molecule has 0 aromatic heterocycles. The van der Waals surface area contributed by atoms with E-state index in [1.807, 2.05) is 25.1 Å². The maximum atomic E-state index is 12.5. The third-order valence-corrected chi connectivity index (χ3v) is 4.37. The first-order chi connectivity index (χ1) is 13.0. The van der Waals surface area contributed by atoms with E-state index in [1.165, 1.54) is 26.4 Å². The lowest BCUT2D eigenvalue weighted by Crippen LogP contribution is -2.31. The average molecular weight is 367 g/mol. The molecule has 0 N–H and O–H groups in total. The van der Waals surface area contributed by atoms with E-state index in [0.29, 0.717) is 12.8 Å². The minimum absolute atomic E-state index is 0.0255. The molecule has 1 aromatic rings. The van der Waals surface area contributed by atoms with Gasteiger partial charge in [0.25, 0.3) is 0 Å². The molecule has 1 aromatic carbocycles. The predicted octanol–water partition coefficient (Wildman–Crippen LogP) is 2.93. The molecule has 0 amide bonds. The van der Waals surface area contributed by atoms with Gasteiger partial charge in [-0.1, -0.05) is 26.2 Å². The topological polar surface area (TPSA) is 124 Å². The fourth-order valence-corrected chi connectivity index (χ4v) is 2.98. The molecule has 1 rings (SSSR count). The molecule has 140 valence electrons. The molecule has 0 aliphatic carbocycles. The molecular weight excluding hydrogens is 346 g/mol. The summed E-state index contributed by atoms with van der Waals surface area (Å²) in [4.78, 5) is 24.9. The van der Waals surface area contributed by atoms with Crippen molar-refractivity contribution in [2.45, 2.75) is 38.5 Å². The van der Waals surface area contributed by atoms with Gasteiger partial charge in [-0.25, -0.2) is 0 Å². The van der Waals surface area contributed by atoms with Crippen molar-refractivity contribution in [3.63, 3.8) is 0 Å². The van der Waals surface area contributed by atoms with Crippen LogP contribution >= 0.6 is 0 Å². The molecule has 0 radical (unpaired) electrons. The molecule has 0 unspecified atom stereocenters. The highest BCUT2D eigenvalue weighted by atomic mass is 16.5. The number of carbonyl (C=O) groups excluding carboxylic acids is 2. The summed E-state index contributed by atoms with van der Waals surface area (Å²) in [6.45, 7) is 2.01. The van der Waals surface area contributed by atoms with Gasteiger partial charge in [0, 0.05) is 0 Å². The molecule has 0 aliphatic heterocycles. The summed E-state index contributed by atoms with van der Waals surface area (Å²) in [6.07, 6.45) is 2.85. The van der Waals surface area contributed by atoms with Crippen LogP contribution in [0.1, 0.15) is 60.8 Å². The summed E-state index contributed by atoms with van der Waals surface area (Å²) in [5.74, 6) is -3.25. The summed E-state index contributed by atoms with van der Waals surface area (Å²) in [7, 11) is 2.42. The minimum atomic E-state index is -1.10. The largest absolute Gasteiger partial charge is 0.469 e. The molecule has 0 aliphatic rings. The van der Waals surface area contributed by atoms with Crippen molar-refractivity contribution in [2.24, 2.45) is 5.92 Å². The molecule has 27 heavy (non-hydrogen) atoms. The number of nitriles is 3. The SMILES string of the molecule is CCCCC[C@@H](C(=O)OC)[C@@H](C(=O)OC)c1cc(C#N)c(C#N)cc1C#N. The molecule has 7 heteroatoms. The zero-order valence-electron chi connectivity index (χ0n) is 15.6. The van der Waals surface area contributed by atoms with Gasteiger partial charge in [-0.2, -0.15) is 15.8 Å². The van der Waals surface area contributed by atoms with Crippen molar-refractivity contribution in [3.8, 4) is 18.2 Å². The Kier molecular flexibility index (Phi) is 8.49. The van der Waals surface area contributed by atoms with E-state index in [4.69, 9.17) is 14.7 Å². The van der Waals surface area contributed by atoms with E-state index >= 15 is 0 Å². The van der Waals surface area contributed by atoms with Gasteiger partial charge in [0.2, 0.25) is 0 Å². The third-order valence-electron chi connectivity index (χ3n) is 4.37. The second-order valence-electron chi connectivity index (χ2n) is 5.95. The van der Waals surface area contributed by atoms with E-state index in [0.717, 1.165) is 12.8 Å². The van der Waals surface area contributed by atoms with Crippen LogP contribution in [0.25, 0.3) is 0 Å². The zero-order valence-corrected chi connectivity index (χ0v) is 15.6. The Balaban J connectivity index is 3.60. The Hall–Kier alpha value is -3.37.